The lowest BCUT2D eigenvalue weighted by atomic mass is 10.0. The van der Waals surface area contributed by atoms with Crippen LogP contribution < -0.4 is 5.32 Å². The molecule has 5 nitrogen and oxygen atoms in total. The first-order valence-corrected chi connectivity index (χ1v) is 7.13. The number of imidazole rings is 1. The summed E-state index contributed by atoms with van der Waals surface area (Å²) in [7, 11) is 1.92. The van der Waals surface area contributed by atoms with Crippen LogP contribution in [0.1, 0.15) is 33.5 Å². The monoisotopic (exact) mass is 294 g/mol. The molecule has 0 aliphatic heterocycles. The van der Waals surface area contributed by atoms with Gasteiger partial charge in [-0.1, -0.05) is 29.8 Å². The van der Waals surface area contributed by atoms with Crippen LogP contribution in [0, 0.1) is 6.92 Å². The van der Waals surface area contributed by atoms with E-state index >= 15 is 0 Å². The summed E-state index contributed by atoms with van der Waals surface area (Å²) in [6.07, 6.45) is 5.34. The van der Waals surface area contributed by atoms with E-state index in [1.807, 2.05) is 42.9 Å². The first-order valence-electron chi connectivity index (χ1n) is 7.13. The molecule has 2 N–H and O–H groups in total. The molecule has 3 rings (SSSR count). The molecule has 1 atom stereocenters. The van der Waals surface area contributed by atoms with E-state index in [0.29, 0.717) is 5.69 Å². The van der Waals surface area contributed by atoms with Crippen molar-refractivity contribution >= 4 is 5.91 Å². The van der Waals surface area contributed by atoms with Crippen molar-refractivity contribution in [1.82, 2.24) is 19.9 Å². The number of hydrogen-bond donors (Lipinski definition) is 2. The van der Waals surface area contributed by atoms with Gasteiger partial charge < -0.3 is 14.9 Å². The van der Waals surface area contributed by atoms with Gasteiger partial charge in [0.25, 0.3) is 5.91 Å². The van der Waals surface area contributed by atoms with Gasteiger partial charge >= 0.3 is 0 Å². The van der Waals surface area contributed by atoms with Crippen molar-refractivity contribution in [2.45, 2.75) is 13.0 Å². The number of aromatic amines is 1. The van der Waals surface area contributed by atoms with Crippen LogP contribution in [0.2, 0.25) is 0 Å². The molecule has 5 heteroatoms. The average molecular weight is 294 g/mol. The van der Waals surface area contributed by atoms with Crippen LogP contribution in [0.25, 0.3) is 0 Å². The van der Waals surface area contributed by atoms with Gasteiger partial charge in [0, 0.05) is 25.6 Å². The van der Waals surface area contributed by atoms with Gasteiger partial charge in [-0.2, -0.15) is 0 Å². The van der Waals surface area contributed by atoms with Crippen molar-refractivity contribution in [1.29, 1.82) is 0 Å². The minimum atomic E-state index is -0.296. The Balaban J connectivity index is 1.97. The molecule has 2 aromatic heterocycles. The van der Waals surface area contributed by atoms with Crippen molar-refractivity contribution in [3.05, 3.63) is 77.6 Å². The molecular weight excluding hydrogens is 276 g/mol. The molecule has 1 unspecified atom stereocenters. The third-order valence-corrected chi connectivity index (χ3v) is 3.61. The first-order chi connectivity index (χ1) is 10.6. The number of nitrogens with one attached hydrogen (secondary N) is 2. The third kappa shape index (κ3) is 2.79. The van der Waals surface area contributed by atoms with E-state index in [0.717, 1.165) is 17.0 Å². The Labute approximate surface area is 129 Å². The fourth-order valence-electron chi connectivity index (χ4n) is 2.48. The molecule has 0 saturated carbocycles. The van der Waals surface area contributed by atoms with E-state index in [1.54, 1.807) is 24.5 Å². The van der Waals surface area contributed by atoms with E-state index in [9.17, 15) is 4.79 Å². The predicted molar refractivity (Wildman–Crippen MR) is 84.5 cm³/mol. The number of benzene rings is 1. The van der Waals surface area contributed by atoms with Crippen molar-refractivity contribution in [3.8, 4) is 0 Å². The van der Waals surface area contributed by atoms with E-state index < -0.39 is 0 Å². The number of carbonyl (C=O) groups is 1. The lowest BCUT2D eigenvalue weighted by Crippen LogP contribution is -2.31. The number of H-pyrrole nitrogens is 1. The van der Waals surface area contributed by atoms with E-state index in [4.69, 9.17) is 0 Å². The minimum Gasteiger partial charge on any atom is -0.357 e. The Bertz CT molecular complexity index is 774. The molecule has 0 spiro atoms. The third-order valence-electron chi connectivity index (χ3n) is 3.61. The van der Waals surface area contributed by atoms with Gasteiger partial charge in [-0.3, -0.25) is 4.79 Å². The molecule has 0 radical (unpaired) electrons. The summed E-state index contributed by atoms with van der Waals surface area (Å²) in [5.41, 5.74) is 2.69. The summed E-state index contributed by atoms with van der Waals surface area (Å²) in [5.74, 6) is 0.644. The van der Waals surface area contributed by atoms with Gasteiger partial charge in [-0.15, -0.1) is 0 Å². The maximum atomic E-state index is 12.4. The number of rotatable bonds is 4. The second-order valence-electron chi connectivity index (χ2n) is 5.30. The molecule has 3 aromatic rings. The molecule has 0 saturated heterocycles. The fraction of sp³-hybridized carbons (Fsp3) is 0.176. The highest BCUT2D eigenvalue weighted by Crippen LogP contribution is 2.21. The van der Waals surface area contributed by atoms with Crippen molar-refractivity contribution < 1.29 is 4.79 Å². The van der Waals surface area contributed by atoms with Gasteiger partial charge in [0.05, 0.1) is 0 Å². The van der Waals surface area contributed by atoms with Crippen molar-refractivity contribution in [2.24, 2.45) is 7.05 Å². The second kappa shape index (κ2) is 5.89. The summed E-state index contributed by atoms with van der Waals surface area (Å²) in [6, 6.07) is 11.3. The van der Waals surface area contributed by atoms with Gasteiger partial charge in [-0.05, 0) is 24.6 Å². The van der Waals surface area contributed by atoms with E-state index in [2.05, 4.69) is 21.4 Å². The SMILES string of the molecule is Cc1cccc(C(NC(=O)c2ccc[nH]2)c2nccn2C)c1. The highest BCUT2D eigenvalue weighted by Gasteiger charge is 2.21. The van der Waals surface area contributed by atoms with Crippen LogP contribution in [0.4, 0.5) is 0 Å². The fourth-order valence-corrected chi connectivity index (χ4v) is 2.48. The predicted octanol–water partition coefficient (Wildman–Crippen LogP) is 2.58. The normalized spacial score (nSPS) is 12.1. The zero-order valence-corrected chi connectivity index (χ0v) is 12.6. The standard InChI is InChI=1S/C17H18N4O/c1-12-5-3-6-13(11-12)15(16-19-9-10-21(16)2)20-17(22)14-7-4-8-18-14/h3-11,15,18H,1-2H3,(H,20,22). The quantitative estimate of drug-likeness (QED) is 0.777. The summed E-state index contributed by atoms with van der Waals surface area (Å²) in [5, 5.41) is 3.05. The van der Waals surface area contributed by atoms with E-state index in [-0.39, 0.29) is 11.9 Å². The Kier molecular flexibility index (Phi) is 3.78. The zero-order valence-electron chi connectivity index (χ0n) is 12.6. The lowest BCUT2D eigenvalue weighted by molar-refractivity contribution is 0.0936. The Morgan fingerprint density at radius 2 is 2.18 bits per heavy atom. The molecule has 0 bridgehead atoms. The van der Waals surface area contributed by atoms with Crippen LogP contribution in [-0.4, -0.2) is 20.4 Å². The Hall–Kier alpha value is -2.82. The second-order valence-corrected chi connectivity index (χ2v) is 5.30. The number of hydrogen-bond acceptors (Lipinski definition) is 2. The largest absolute Gasteiger partial charge is 0.357 e. The first kappa shape index (κ1) is 14.1. The zero-order chi connectivity index (χ0) is 15.5. The van der Waals surface area contributed by atoms with Gasteiger partial charge in [-0.25, -0.2) is 4.98 Å². The highest BCUT2D eigenvalue weighted by atomic mass is 16.1. The number of carbonyl (C=O) groups excluding carboxylic acids is 1. The van der Waals surface area contributed by atoms with Gasteiger partial charge in [0.2, 0.25) is 0 Å². The summed E-state index contributed by atoms with van der Waals surface area (Å²) in [6.45, 7) is 2.03. The van der Waals surface area contributed by atoms with E-state index in [1.165, 1.54) is 0 Å². The molecule has 2 heterocycles. The Morgan fingerprint density at radius 1 is 1.32 bits per heavy atom. The summed E-state index contributed by atoms with van der Waals surface area (Å²) in [4.78, 5) is 19.7. The molecule has 0 aliphatic rings. The number of aryl methyl sites for hydroxylation is 2. The minimum absolute atomic E-state index is 0.153. The molecule has 0 aliphatic carbocycles. The lowest BCUT2D eigenvalue weighted by Gasteiger charge is -2.19. The molecule has 22 heavy (non-hydrogen) atoms. The molecule has 0 fully saturated rings. The van der Waals surface area contributed by atoms with Crippen LogP contribution in [0.3, 0.4) is 0 Å². The van der Waals surface area contributed by atoms with Crippen LogP contribution >= 0.6 is 0 Å². The molecular formula is C17H18N4O. The molecule has 112 valence electrons. The van der Waals surface area contributed by atoms with Crippen molar-refractivity contribution in [2.75, 3.05) is 0 Å². The summed E-state index contributed by atoms with van der Waals surface area (Å²) < 4.78 is 1.92. The van der Waals surface area contributed by atoms with Crippen LogP contribution in [-0.2, 0) is 7.05 Å². The summed E-state index contributed by atoms with van der Waals surface area (Å²) >= 11 is 0. The van der Waals surface area contributed by atoms with Gasteiger partial charge in [0.15, 0.2) is 0 Å². The maximum absolute atomic E-state index is 12.4. The average Bonchev–Trinajstić information content (AvgIpc) is 3.16. The number of amides is 1. The highest BCUT2D eigenvalue weighted by molar-refractivity contribution is 5.92. The van der Waals surface area contributed by atoms with Crippen molar-refractivity contribution in [3.63, 3.8) is 0 Å². The maximum Gasteiger partial charge on any atom is 0.268 e. The molecule has 1 aromatic carbocycles. The topological polar surface area (TPSA) is 62.7 Å². The number of aromatic nitrogens is 3. The van der Waals surface area contributed by atoms with Gasteiger partial charge in [0.1, 0.15) is 17.6 Å². The van der Waals surface area contributed by atoms with Crippen LogP contribution in [0.5, 0.6) is 0 Å². The smallest absolute Gasteiger partial charge is 0.268 e. The molecule has 1 amide bonds. The Morgan fingerprint density at radius 3 is 2.82 bits per heavy atom. The van der Waals surface area contributed by atoms with Crippen LogP contribution in [0.15, 0.2) is 55.0 Å². The number of nitrogens with zero attached hydrogens (tertiary/aromatic N) is 2.